The summed E-state index contributed by atoms with van der Waals surface area (Å²) in [5.41, 5.74) is 1.26. The van der Waals surface area contributed by atoms with Crippen molar-refractivity contribution in [2.24, 2.45) is 5.92 Å². The van der Waals surface area contributed by atoms with E-state index in [0.29, 0.717) is 29.0 Å². The molecule has 29 heavy (non-hydrogen) atoms. The van der Waals surface area contributed by atoms with Crippen molar-refractivity contribution < 1.29 is 19.1 Å². The van der Waals surface area contributed by atoms with Crippen molar-refractivity contribution in [3.05, 3.63) is 59.7 Å². The van der Waals surface area contributed by atoms with Gasteiger partial charge in [0.25, 0.3) is 11.8 Å². The Kier molecular flexibility index (Phi) is 6.01. The van der Waals surface area contributed by atoms with Crippen molar-refractivity contribution in [3.63, 3.8) is 0 Å². The summed E-state index contributed by atoms with van der Waals surface area (Å²) in [6.07, 6.45) is 0.436. The predicted octanol–water partition coefficient (Wildman–Crippen LogP) is 4.12. The summed E-state index contributed by atoms with van der Waals surface area (Å²) >= 11 is 0. The van der Waals surface area contributed by atoms with Crippen LogP contribution in [-0.2, 0) is 4.79 Å². The molecule has 2 aromatic carbocycles. The molecule has 0 aromatic heterocycles. The molecule has 152 valence electrons. The third kappa shape index (κ3) is 4.47. The smallest absolute Gasteiger partial charge is 0.262 e. The normalized spacial score (nSPS) is 14.3. The van der Waals surface area contributed by atoms with Gasteiger partial charge in [-0.15, -0.1) is 0 Å². The van der Waals surface area contributed by atoms with Crippen molar-refractivity contribution in [1.82, 2.24) is 4.90 Å². The second-order valence-corrected chi connectivity index (χ2v) is 7.85. The second kappa shape index (κ2) is 8.47. The Balaban J connectivity index is 1.81. The SMILES string of the molecule is CC(C)CC(C(=O)Nc1ccc(OC(C)C)cc1)N1C(=O)c2ccccc2C1=O. The number of hydrogen-bond donors (Lipinski definition) is 1. The Bertz CT molecular complexity index is 884. The van der Waals surface area contributed by atoms with Gasteiger partial charge in [0.2, 0.25) is 5.91 Å². The number of ether oxygens (including phenoxy) is 1. The van der Waals surface area contributed by atoms with E-state index in [1.54, 1.807) is 48.5 Å². The van der Waals surface area contributed by atoms with Gasteiger partial charge in [-0.2, -0.15) is 0 Å². The fourth-order valence-electron chi connectivity index (χ4n) is 3.38. The number of amides is 3. The molecule has 3 rings (SSSR count). The molecule has 1 atom stereocenters. The molecule has 6 nitrogen and oxygen atoms in total. The third-order valence-corrected chi connectivity index (χ3v) is 4.63. The van der Waals surface area contributed by atoms with Gasteiger partial charge < -0.3 is 10.1 Å². The molecule has 1 aliphatic heterocycles. The summed E-state index contributed by atoms with van der Waals surface area (Å²) in [4.78, 5) is 39.8. The van der Waals surface area contributed by atoms with Crippen LogP contribution < -0.4 is 10.1 Å². The van der Waals surface area contributed by atoms with Crippen molar-refractivity contribution >= 4 is 23.4 Å². The minimum atomic E-state index is -0.881. The van der Waals surface area contributed by atoms with E-state index < -0.39 is 17.9 Å². The van der Waals surface area contributed by atoms with Crippen molar-refractivity contribution in [3.8, 4) is 5.75 Å². The van der Waals surface area contributed by atoms with Gasteiger partial charge >= 0.3 is 0 Å². The van der Waals surface area contributed by atoms with Gasteiger partial charge in [0.1, 0.15) is 11.8 Å². The van der Waals surface area contributed by atoms with Crippen LogP contribution in [0.3, 0.4) is 0 Å². The Morgan fingerprint density at radius 3 is 1.97 bits per heavy atom. The highest BCUT2D eigenvalue weighted by atomic mass is 16.5. The fourth-order valence-corrected chi connectivity index (χ4v) is 3.38. The van der Waals surface area contributed by atoms with E-state index in [1.165, 1.54) is 0 Å². The first-order valence-corrected chi connectivity index (χ1v) is 9.82. The van der Waals surface area contributed by atoms with E-state index in [1.807, 2.05) is 27.7 Å². The molecule has 3 amide bonds. The molecule has 1 unspecified atom stereocenters. The first-order chi connectivity index (χ1) is 13.8. The van der Waals surface area contributed by atoms with E-state index in [2.05, 4.69) is 5.32 Å². The number of carbonyl (C=O) groups excluding carboxylic acids is 3. The largest absolute Gasteiger partial charge is 0.491 e. The number of anilines is 1. The highest BCUT2D eigenvalue weighted by molar-refractivity contribution is 6.23. The van der Waals surface area contributed by atoms with Gasteiger partial charge in [-0.3, -0.25) is 19.3 Å². The molecular formula is C23H26N2O4. The number of hydrogen-bond acceptors (Lipinski definition) is 4. The molecule has 0 bridgehead atoms. The highest BCUT2D eigenvalue weighted by Crippen LogP contribution is 2.28. The molecule has 0 saturated heterocycles. The summed E-state index contributed by atoms with van der Waals surface area (Å²) < 4.78 is 5.61. The van der Waals surface area contributed by atoms with Gasteiger partial charge in [0.05, 0.1) is 17.2 Å². The van der Waals surface area contributed by atoms with Gasteiger partial charge in [-0.05, 0) is 62.6 Å². The lowest BCUT2D eigenvalue weighted by molar-refractivity contribution is -0.120. The standard InChI is InChI=1S/C23H26N2O4/c1-14(2)13-20(25-22(27)18-7-5-6-8-19(18)23(25)28)21(26)24-16-9-11-17(12-10-16)29-15(3)4/h5-12,14-15,20H,13H2,1-4H3,(H,24,26). The first-order valence-electron chi connectivity index (χ1n) is 9.82. The molecule has 1 aliphatic rings. The quantitative estimate of drug-likeness (QED) is 0.717. The number of nitrogens with zero attached hydrogens (tertiary/aromatic N) is 1. The number of fused-ring (bicyclic) bond motifs is 1. The fraction of sp³-hybridized carbons (Fsp3) is 0.348. The van der Waals surface area contributed by atoms with E-state index >= 15 is 0 Å². The van der Waals surface area contributed by atoms with Crippen LogP contribution in [0.5, 0.6) is 5.75 Å². The van der Waals surface area contributed by atoms with Crippen molar-refractivity contribution in [2.75, 3.05) is 5.32 Å². The van der Waals surface area contributed by atoms with E-state index in [0.717, 1.165) is 4.90 Å². The van der Waals surface area contributed by atoms with Crippen LogP contribution in [0.2, 0.25) is 0 Å². The summed E-state index contributed by atoms with van der Waals surface area (Å²) in [6, 6.07) is 12.8. The predicted molar refractivity (Wildman–Crippen MR) is 111 cm³/mol. The molecular weight excluding hydrogens is 368 g/mol. The average Bonchev–Trinajstić information content (AvgIpc) is 2.92. The summed E-state index contributed by atoms with van der Waals surface area (Å²) in [5, 5.41) is 2.83. The molecule has 0 radical (unpaired) electrons. The van der Waals surface area contributed by atoms with Gasteiger partial charge in [0, 0.05) is 5.69 Å². The summed E-state index contributed by atoms with van der Waals surface area (Å²) in [6.45, 7) is 7.79. The lowest BCUT2D eigenvalue weighted by atomic mass is 10.0. The first kappa shape index (κ1) is 20.6. The van der Waals surface area contributed by atoms with Crippen LogP contribution in [0.1, 0.15) is 54.8 Å². The molecule has 1 N–H and O–H groups in total. The molecule has 0 aliphatic carbocycles. The van der Waals surface area contributed by atoms with Crippen molar-refractivity contribution in [1.29, 1.82) is 0 Å². The Labute approximate surface area is 170 Å². The summed E-state index contributed by atoms with van der Waals surface area (Å²) in [5.74, 6) is -0.404. The van der Waals surface area contributed by atoms with Gasteiger partial charge in [-0.25, -0.2) is 0 Å². The summed E-state index contributed by atoms with van der Waals surface area (Å²) in [7, 11) is 0. The zero-order valence-electron chi connectivity index (χ0n) is 17.1. The van der Waals surface area contributed by atoms with Crippen LogP contribution in [0.15, 0.2) is 48.5 Å². The van der Waals surface area contributed by atoms with Crippen molar-refractivity contribution in [2.45, 2.75) is 46.3 Å². The van der Waals surface area contributed by atoms with Crippen LogP contribution in [0.25, 0.3) is 0 Å². The number of rotatable bonds is 7. The number of imide groups is 1. The third-order valence-electron chi connectivity index (χ3n) is 4.63. The molecule has 0 spiro atoms. The monoisotopic (exact) mass is 394 g/mol. The topological polar surface area (TPSA) is 75.7 Å². The minimum Gasteiger partial charge on any atom is -0.491 e. The number of nitrogens with one attached hydrogen (secondary N) is 1. The maximum absolute atomic E-state index is 13.1. The molecule has 0 saturated carbocycles. The maximum Gasteiger partial charge on any atom is 0.262 e. The molecule has 0 fully saturated rings. The Morgan fingerprint density at radius 1 is 0.931 bits per heavy atom. The van der Waals surface area contributed by atoms with E-state index in [9.17, 15) is 14.4 Å². The number of carbonyl (C=O) groups is 3. The molecule has 1 heterocycles. The lowest BCUT2D eigenvalue weighted by Crippen LogP contribution is -2.47. The van der Waals surface area contributed by atoms with Crippen LogP contribution in [0.4, 0.5) is 5.69 Å². The zero-order chi connectivity index (χ0) is 21.1. The zero-order valence-corrected chi connectivity index (χ0v) is 17.1. The van der Waals surface area contributed by atoms with Gasteiger partial charge in [0.15, 0.2) is 0 Å². The van der Waals surface area contributed by atoms with E-state index in [-0.39, 0.29) is 17.9 Å². The number of benzene rings is 2. The van der Waals surface area contributed by atoms with Crippen LogP contribution in [0, 0.1) is 5.92 Å². The Morgan fingerprint density at radius 2 is 1.48 bits per heavy atom. The second-order valence-electron chi connectivity index (χ2n) is 7.85. The average molecular weight is 394 g/mol. The van der Waals surface area contributed by atoms with E-state index in [4.69, 9.17) is 4.74 Å². The lowest BCUT2D eigenvalue weighted by Gasteiger charge is -2.26. The molecule has 2 aromatic rings. The maximum atomic E-state index is 13.1. The highest BCUT2D eigenvalue weighted by Gasteiger charge is 2.42. The van der Waals surface area contributed by atoms with Crippen LogP contribution >= 0.6 is 0 Å². The van der Waals surface area contributed by atoms with Crippen LogP contribution in [-0.4, -0.2) is 34.8 Å². The minimum absolute atomic E-state index is 0.0553. The van der Waals surface area contributed by atoms with Gasteiger partial charge in [-0.1, -0.05) is 26.0 Å². The Hall–Kier alpha value is -3.15. The molecule has 6 heteroatoms.